The molecule has 4 aliphatic rings. The summed E-state index contributed by atoms with van der Waals surface area (Å²) in [5.41, 5.74) is -1.51. The van der Waals surface area contributed by atoms with Gasteiger partial charge in [-0.15, -0.1) is 0 Å². The van der Waals surface area contributed by atoms with Crippen molar-refractivity contribution in [2.24, 2.45) is 28.8 Å². The van der Waals surface area contributed by atoms with Crippen LogP contribution in [0.3, 0.4) is 0 Å². The number of rotatable bonds is 9. The molecule has 6 heterocycles. The number of likely N-dealkylation sites (N-methyl/N-ethyl adjacent to an activating group) is 1. The van der Waals surface area contributed by atoms with Gasteiger partial charge < -0.3 is 48.2 Å². The number of ether oxygens (including phenoxy) is 7. The molecule has 2 aromatic heterocycles. The number of nitrogens with zero attached hydrogens (tertiary/aromatic N) is 5. The number of aromatic nitrogens is 3. The summed E-state index contributed by atoms with van der Waals surface area (Å²) in [6.07, 6.45) is 0.531. The van der Waals surface area contributed by atoms with E-state index in [1.807, 2.05) is 71.8 Å². The Morgan fingerprint density at radius 3 is 2.48 bits per heavy atom. The van der Waals surface area contributed by atoms with Gasteiger partial charge in [0.1, 0.15) is 24.2 Å². The summed E-state index contributed by atoms with van der Waals surface area (Å²) in [4.78, 5) is 66.9. The summed E-state index contributed by atoms with van der Waals surface area (Å²) in [5, 5.41) is 11.5. The Hall–Kier alpha value is -4.49. The van der Waals surface area contributed by atoms with Gasteiger partial charge in [-0.2, -0.15) is 5.10 Å². The zero-order chi connectivity index (χ0) is 45.1. The molecule has 2 bridgehead atoms. The SMILES string of the molecule is CC[C@H]1OC(=O)[C@H](C)[C@H]2OC/C(=N/OCc3ccc(-n4cccn4)nc3)CO[C@](C)(C[C@@H](C)C(=O)[C@H](C)[C@H]3NC(=O)O[C@]31C)[C@H](O[C@@H]1O[C@H](C)C[C@H](N(C)C)[C@H]1OC(C)=O)[C@H]2C. The zero-order valence-electron chi connectivity index (χ0n) is 37.8. The van der Waals surface area contributed by atoms with Crippen LogP contribution in [0.5, 0.6) is 0 Å². The molecule has 62 heavy (non-hydrogen) atoms. The van der Waals surface area contributed by atoms with E-state index in [1.54, 1.807) is 44.0 Å². The highest BCUT2D eigenvalue weighted by Gasteiger charge is 2.58. The van der Waals surface area contributed by atoms with Crippen LogP contribution in [0.15, 0.2) is 41.9 Å². The lowest BCUT2D eigenvalue weighted by Gasteiger charge is -2.49. The van der Waals surface area contributed by atoms with Gasteiger partial charge in [-0.3, -0.25) is 14.4 Å². The van der Waals surface area contributed by atoms with E-state index in [4.69, 9.17) is 38.0 Å². The molecule has 2 aromatic rings. The molecule has 0 saturated carbocycles. The number of ketones is 1. The first-order chi connectivity index (χ1) is 29.3. The number of oxime groups is 1. The summed E-state index contributed by atoms with van der Waals surface area (Å²) >= 11 is 0. The highest BCUT2D eigenvalue weighted by molar-refractivity contribution is 5.87. The maximum Gasteiger partial charge on any atom is 0.408 e. The van der Waals surface area contributed by atoms with Crippen LogP contribution in [0.25, 0.3) is 5.82 Å². The third-order valence-electron chi connectivity index (χ3n) is 12.9. The normalized spacial score (nSPS) is 37.9. The topological polar surface area (TPSA) is 200 Å². The van der Waals surface area contributed by atoms with Crippen molar-refractivity contribution in [2.45, 2.75) is 148 Å². The first-order valence-electron chi connectivity index (χ1n) is 21.6. The molecule has 4 aliphatic heterocycles. The van der Waals surface area contributed by atoms with E-state index in [-0.39, 0.29) is 44.2 Å². The minimum Gasteiger partial charge on any atom is -0.458 e. The van der Waals surface area contributed by atoms with E-state index in [2.05, 4.69) is 20.6 Å². The van der Waals surface area contributed by atoms with E-state index in [1.165, 1.54) is 6.92 Å². The van der Waals surface area contributed by atoms with Crippen LogP contribution in [-0.2, 0) is 59.0 Å². The first-order valence-corrected chi connectivity index (χ1v) is 21.6. The van der Waals surface area contributed by atoms with Gasteiger partial charge >= 0.3 is 18.0 Å². The van der Waals surface area contributed by atoms with Crippen LogP contribution in [0.4, 0.5) is 4.79 Å². The van der Waals surface area contributed by atoms with Crippen molar-refractivity contribution in [1.82, 2.24) is 25.0 Å². The van der Waals surface area contributed by atoms with Crippen LogP contribution in [0.2, 0.25) is 0 Å². The number of Topliss-reactive ketones (excluding diaryl/α,β-unsaturated/α-hetero) is 1. The summed E-state index contributed by atoms with van der Waals surface area (Å²) in [6, 6.07) is 4.43. The van der Waals surface area contributed by atoms with Gasteiger partial charge in [-0.25, -0.2) is 14.5 Å². The second-order valence-electron chi connectivity index (χ2n) is 18.0. The number of carbonyl (C=O) groups is 4. The Labute approximate surface area is 363 Å². The molecule has 0 spiro atoms. The number of nitrogens with one attached hydrogen (secondary N) is 1. The first kappa shape index (κ1) is 47.0. The average Bonchev–Trinajstić information content (AvgIpc) is 3.88. The fraction of sp³-hybridized carbons (Fsp3) is 0.705. The number of hydrogen-bond acceptors (Lipinski definition) is 16. The highest BCUT2D eigenvalue weighted by atomic mass is 16.7. The molecular formula is C44H64N6O12. The maximum atomic E-state index is 14.6. The summed E-state index contributed by atoms with van der Waals surface area (Å²) < 4.78 is 46.8. The van der Waals surface area contributed by atoms with Crippen molar-refractivity contribution in [3.05, 3.63) is 42.4 Å². The zero-order valence-corrected chi connectivity index (χ0v) is 37.8. The highest BCUT2D eigenvalue weighted by Crippen LogP contribution is 2.42. The number of hydrogen-bond donors (Lipinski definition) is 1. The van der Waals surface area contributed by atoms with Gasteiger partial charge in [0.05, 0.1) is 55.1 Å². The lowest BCUT2D eigenvalue weighted by atomic mass is 9.73. The smallest absolute Gasteiger partial charge is 0.408 e. The molecule has 0 aliphatic carbocycles. The van der Waals surface area contributed by atoms with Crippen molar-refractivity contribution in [2.75, 3.05) is 27.3 Å². The van der Waals surface area contributed by atoms with E-state index in [0.717, 1.165) is 5.56 Å². The second-order valence-corrected chi connectivity index (χ2v) is 18.0. The van der Waals surface area contributed by atoms with E-state index in [0.29, 0.717) is 24.4 Å². The molecule has 4 fully saturated rings. The van der Waals surface area contributed by atoms with Crippen LogP contribution in [-0.4, -0.2) is 137 Å². The van der Waals surface area contributed by atoms with Crippen LogP contribution in [0, 0.1) is 23.7 Å². The number of esters is 2. The minimum atomic E-state index is -1.35. The molecule has 1 amide bonds. The fourth-order valence-electron chi connectivity index (χ4n) is 9.64. The maximum absolute atomic E-state index is 14.6. The summed E-state index contributed by atoms with van der Waals surface area (Å²) in [5.74, 6) is -3.59. The van der Waals surface area contributed by atoms with Crippen molar-refractivity contribution in [3.8, 4) is 5.82 Å². The van der Waals surface area contributed by atoms with E-state index in [9.17, 15) is 19.2 Å². The van der Waals surface area contributed by atoms with Crippen molar-refractivity contribution < 1.29 is 57.2 Å². The van der Waals surface area contributed by atoms with Gasteiger partial charge in [0.25, 0.3) is 0 Å². The van der Waals surface area contributed by atoms with Gasteiger partial charge in [0.2, 0.25) is 0 Å². The minimum absolute atomic E-state index is 0.0869. The summed E-state index contributed by atoms with van der Waals surface area (Å²) in [7, 11) is 3.81. The molecular weight excluding hydrogens is 805 g/mol. The van der Waals surface area contributed by atoms with Crippen molar-refractivity contribution >= 4 is 29.5 Å². The molecule has 0 unspecified atom stereocenters. The van der Waals surface area contributed by atoms with Crippen LogP contribution in [0.1, 0.15) is 87.1 Å². The standard InChI is InChI=1S/C44H64N6O12/c1-12-33-44(9)38(47-42(54)62-44)26(4)35(52)24(2)19-43(8)39(61-41-37(59-29(7)51)32(49(10)11)18-25(3)58-41)27(5)36(28(6)40(53)60-33)55-22-31(23-56-43)48-57-21-30-14-15-34(45-20-30)50-17-13-16-46-50/h13-17,20,24-28,32-33,36-39,41H,12,18-19,21-23H2,1-11H3,(H,47,54)/b48-31-/t24-,25-,26+,27+,28-,32+,33-,36+,37-,38-,39-,41+,43-,44+/m1/s1. The predicted molar refractivity (Wildman–Crippen MR) is 223 cm³/mol. The van der Waals surface area contributed by atoms with Crippen LogP contribution >= 0.6 is 0 Å². The number of carbonyl (C=O) groups excluding carboxylic acids is 4. The third-order valence-corrected chi connectivity index (χ3v) is 12.9. The lowest BCUT2D eigenvalue weighted by molar-refractivity contribution is -0.304. The Morgan fingerprint density at radius 1 is 1.08 bits per heavy atom. The molecule has 14 atom stereocenters. The second kappa shape index (κ2) is 19.5. The van der Waals surface area contributed by atoms with Gasteiger partial charge in [0.15, 0.2) is 23.8 Å². The molecule has 1 N–H and O–H groups in total. The Balaban J connectivity index is 1.40. The quantitative estimate of drug-likeness (QED) is 0.211. The Kier molecular flexibility index (Phi) is 14.8. The number of fused-ring (bicyclic) bond motifs is 4. The molecule has 0 radical (unpaired) electrons. The van der Waals surface area contributed by atoms with Crippen molar-refractivity contribution in [3.63, 3.8) is 0 Å². The Morgan fingerprint density at radius 2 is 1.84 bits per heavy atom. The molecule has 0 aromatic carbocycles. The van der Waals surface area contributed by atoms with E-state index >= 15 is 0 Å². The monoisotopic (exact) mass is 868 g/mol. The van der Waals surface area contributed by atoms with Crippen molar-refractivity contribution in [1.29, 1.82) is 0 Å². The average molecular weight is 869 g/mol. The number of cyclic esters (lactones) is 1. The molecule has 18 heteroatoms. The van der Waals surface area contributed by atoms with Gasteiger partial charge in [-0.05, 0) is 73.2 Å². The number of alkyl carbamates (subject to hydrolysis) is 1. The predicted octanol–water partition coefficient (Wildman–Crippen LogP) is 4.40. The van der Waals surface area contributed by atoms with Crippen LogP contribution < -0.4 is 5.32 Å². The number of pyridine rings is 1. The largest absolute Gasteiger partial charge is 0.458 e. The van der Waals surface area contributed by atoms with E-state index < -0.39 is 89.7 Å². The number of amides is 1. The lowest BCUT2D eigenvalue weighted by Crippen LogP contribution is -2.61. The van der Waals surface area contributed by atoms with Gasteiger partial charge in [0, 0.05) is 48.8 Å². The molecule has 342 valence electrons. The third kappa shape index (κ3) is 10.1. The molecule has 4 saturated heterocycles. The Bertz CT molecular complexity index is 1910. The fourth-order valence-corrected chi connectivity index (χ4v) is 9.64. The molecule has 6 rings (SSSR count). The molecule has 18 nitrogen and oxygen atoms in total. The summed E-state index contributed by atoms with van der Waals surface area (Å²) in [6.45, 7) is 15.7. The van der Waals surface area contributed by atoms with Gasteiger partial charge in [-0.1, -0.05) is 38.9 Å².